The van der Waals surface area contributed by atoms with E-state index < -0.39 is 0 Å². The summed E-state index contributed by atoms with van der Waals surface area (Å²) in [6.45, 7) is 7.12. The summed E-state index contributed by atoms with van der Waals surface area (Å²) in [4.78, 5) is 0. The molecular formula is C18H28O. The fraction of sp³-hybridized carbons (Fsp3) is 0.889. The molecule has 0 amide bonds. The van der Waals surface area contributed by atoms with E-state index in [1.54, 1.807) is 0 Å². The molecule has 0 aromatic carbocycles. The van der Waals surface area contributed by atoms with Crippen LogP contribution < -0.4 is 0 Å². The first-order valence-corrected chi connectivity index (χ1v) is 8.39. The van der Waals surface area contributed by atoms with Crippen molar-refractivity contribution in [2.24, 2.45) is 34.5 Å². The molecule has 1 aliphatic heterocycles. The summed E-state index contributed by atoms with van der Waals surface area (Å²) in [5.41, 5.74) is 1.02. The molecule has 6 unspecified atom stereocenters. The van der Waals surface area contributed by atoms with Crippen LogP contribution in [0.15, 0.2) is 12.2 Å². The van der Waals surface area contributed by atoms with E-state index in [0.29, 0.717) is 10.8 Å². The van der Waals surface area contributed by atoms with Gasteiger partial charge in [0.25, 0.3) is 0 Å². The summed E-state index contributed by atoms with van der Waals surface area (Å²) in [5, 5.41) is 0. The number of allylic oxidation sites excluding steroid dienone is 2. The van der Waals surface area contributed by atoms with Gasteiger partial charge in [-0.25, -0.2) is 0 Å². The van der Waals surface area contributed by atoms with E-state index in [1.807, 2.05) is 0 Å². The average molecular weight is 260 g/mol. The molecule has 1 heteroatoms. The Morgan fingerprint density at radius 1 is 1.05 bits per heavy atom. The SMILES string of the molecule is CC12C=CCC1C1CCC3CCOCC3(C)C1CC2. The van der Waals surface area contributed by atoms with Crippen molar-refractivity contribution < 1.29 is 4.74 Å². The third kappa shape index (κ3) is 1.63. The summed E-state index contributed by atoms with van der Waals surface area (Å²) in [6, 6.07) is 0. The Balaban J connectivity index is 1.65. The second-order valence-corrected chi connectivity index (χ2v) is 8.18. The van der Waals surface area contributed by atoms with Crippen molar-refractivity contribution in [3.8, 4) is 0 Å². The minimum absolute atomic E-state index is 0.491. The van der Waals surface area contributed by atoms with Crippen molar-refractivity contribution in [3.63, 3.8) is 0 Å². The Morgan fingerprint density at radius 3 is 2.84 bits per heavy atom. The predicted molar refractivity (Wildman–Crippen MR) is 77.8 cm³/mol. The minimum atomic E-state index is 0.491. The highest BCUT2D eigenvalue weighted by Crippen LogP contribution is 2.63. The molecule has 19 heavy (non-hydrogen) atoms. The van der Waals surface area contributed by atoms with Crippen LogP contribution in [0, 0.1) is 34.5 Å². The van der Waals surface area contributed by atoms with Crippen LogP contribution in [0.25, 0.3) is 0 Å². The van der Waals surface area contributed by atoms with Gasteiger partial charge in [-0.1, -0.05) is 26.0 Å². The Kier molecular flexibility index (Phi) is 2.68. The predicted octanol–water partition coefficient (Wildman–Crippen LogP) is 4.43. The normalized spacial score (nSPS) is 56.3. The molecule has 6 atom stereocenters. The molecular weight excluding hydrogens is 232 g/mol. The Hall–Kier alpha value is -0.300. The van der Waals surface area contributed by atoms with Crippen LogP contribution in [-0.2, 0) is 4.74 Å². The molecule has 1 heterocycles. The smallest absolute Gasteiger partial charge is 0.0525 e. The highest BCUT2D eigenvalue weighted by Gasteiger charge is 2.56. The number of fused-ring (bicyclic) bond motifs is 5. The van der Waals surface area contributed by atoms with E-state index in [2.05, 4.69) is 26.0 Å². The first kappa shape index (κ1) is 12.4. The Bertz CT molecular complexity index is 400. The summed E-state index contributed by atoms with van der Waals surface area (Å²) >= 11 is 0. The third-order valence-corrected chi connectivity index (χ3v) is 7.42. The van der Waals surface area contributed by atoms with Crippen molar-refractivity contribution in [2.75, 3.05) is 13.2 Å². The Morgan fingerprint density at radius 2 is 1.95 bits per heavy atom. The van der Waals surface area contributed by atoms with Crippen LogP contribution >= 0.6 is 0 Å². The number of rotatable bonds is 0. The summed E-state index contributed by atoms with van der Waals surface area (Å²) in [7, 11) is 0. The maximum absolute atomic E-state index is 5.91. The molecule has 106 valence electrons. The van der Waals surface area contributed by atoms with Gasteiger partial charge in [-0.3, -0.25) is 0 Å². The highest BCUT2D eigenvalue weighted by molar-refractivity contribution is 5.16. The molecule has 0 spiro atoms. The largest absolute Gasteiger partial charge is 0.381 e. The fourth-order valence-corrected chi connectivity index (χ4v) is 6.23. The van der Waals surface area contributed by atoms with Gasteiger partial charge in [0.1, 0.15) is 0 Å². The highest BCUT2D eigenvalue weighted by atomic mass is 16.5. The van der Waals surface area contributed by atoms with E-state index in [4.69, 9.17) is 4.74 Å². The van der Waals surface area contributed by atoms with Crippen LogP contribution in [0.4, 0.5) is 0 Å². The molecule has 0 aromatic heterocycles. The van der Waals surface area contributed by atoms with Crippen LogP contribution in [0.1, 0.15) is 52.4 Å². The maximum atomic E-state index is 5.91. The van der Waals surface area contributed by atoms with Gasteiger partial charge in [-0.15, -0.1) is 0 Å². The summed E-state index contributed by atoms with van der Waals surface area (Å²) in [5.74, 6) is 3.79. The third-order valence-electron chi connectivity index (χ3n) is 7.42. The minimum Gasteiger partial charge on any atom is -0.381 e. The van der Waals surface area contributed by atoms with Gasteiger partial charge in [0.2, 0.25) is 0 Å². The monoisotopic (exact) mass is 260 g/mol. The molecule has 1 nitrogen and oxygen atoms in total. The molecule has 0 N–H and O–H groups in total. The van der Waals surface area contributed by atoms with Crippen molar-refractivity contribution in [1.82, 2.24) is 0 Å². The van der Waals surface area contributed by atoms with Crippen LogP contribution in [0.5, 0.6) is 0 Å². The molecule has 4 rings (SSSR count). The van der Waals surface area contributed by atoms with Gasteiger partial charge in [0.15, 0.2) is 0 Å². The Labute approximate surface area is 117 Å². The zero-order valence-corrected chi connectivity index (χ0v) is 12.5. The lowest BCUT2D eigenvalue weighted by atomic mass is 9.47. The lowest BCUT2D eigenvalue weighted by Crippen LogP contribution is -2.54. The van der Waals surface area contributed by atoms with Crippen molar-refractivity contribution >= 4 is 0 Å². The lowest BCUT2D eigenvalue weighted by Gasteiger charge is -2.59. The molecule has 4 aliphatic rings. The summed E-state index contributed by atoms with van der Waals surface area (Å²) in [6.07, 6.45) is 13.5. The zero-order valence-electron chi connectivity index (χ0n) is 12.5. The van der Waals surface area contributed by atoms with Gasteiger partial charge < -0.3 is 4.74 Å². The number of ether oxygens (including phenoxy) is 1. The first-order chi connectivity index (χ1) is 9.13. The molecule has 2 saturated carbocycles. The van der Waals surface area contributed by atoms with Crippen LogP contribution in [0.2, 0.25) is 0 Å². The van der Waals surface area contributed by atoms with E-state index in [1.165, 1.54) is 38.5 Å². The topological polar surface area (TPSA) is 9.23 Å². The van der Waals surface area contributed by atoms with Crippen molar-refractivity contribution in [3.05, 3.63) is 12.2 Å². The second kappa shape index (κ2) is 4.10. The zero-order chi connectivity index (χ0) is 13.1. The van der Waals surface area contributed by atoms with Crippen molar-refractivity contribution in [2.45, 2.75) is 52.4 Å². The van der Waals surface area contributed by atoms with Gasteiger partial charge >= 0.3 is 0 Å². The molecule has 0 radical (unpaired) electrons. The maximum Gasteiger partial charge on any atom is 0.0525 e. The lowest BCUT2D eigenvalue weighted by molar-refractivity contribution is -0.147. The molecule has 0 bridgehead atoms. The molecule has 3 fully saturated rings. The van der Waals surface area contributed by atoms with Crippen molar-refractivity contribution in [1.29, 1.82) is 0 Å². The number of hydrogen-bond donors (Lipinski definition) is 0. The molecule has 1 saturated heterocycles. The van der Waals surface area contributed by atoms with Gasteiger partial charge in [-0.05, 0) is 73.0 Å². The van der Waals surface area contributed by atoms with Crippen LogP contribution in [-0.4, -0.2) is 13.2 Å². The van der Waals surface area contributed by atoms with Crippen LogP contribution in [0.3, 0.4) is 0 Å². The van der Waals surface area contributed by atoms with Gasteiger partial charge in [0, 0.05) is 6.61 Å². The van der Waals surface area contributed by atoms with E-state index >= 15 is 0 Å². The standard InChI is InChI=1S/C18H28O/c1-17-9-3-4-15(17)14-6-5-13-8-11-19-12-18(13,2)16(14)7-10-17/h3,9,13-16H,4-8,10-12H2,1-2H3. The molecule has 0 aromatic rings. The fourth-order valence-electron chi connectivity index (χ4n) is 6.23. The number of hydrogen-bond acceptors (Lipinski definition) is 1. The summed E-state index contributed by atoms with van der Waals surface area (Å²) < 4.78 is 5.91. The average Bonchev–Trinajstić information content (AvgIpc) is 2.79. The quantitative estimate of drug-likeness (QED) is 0.585. The van der Waals surface area contributed by atoms with Gasteiger partial charge in [0.05, 0.1) is 6.61 Å². The van der Waals surface area contributed by atoms with Gasteiger partial charge in [-0.2, -0.15) is 0 Å². The van der Waals surface area contributed by atoms with E-state index in [-0.39, 0.29) is 0 Å². The first-order valence-electron chi connectivity index (χ1n) is 8.39. The van der Waals surface area contributed by atoms with E-state index in [0.717, 1.165) is 36.9 Å². The second-order valence-electron chi connectivity index (χ2n) is 8.18. The molecule has 3 aliphatic carbocycles. The van der Waals surface area contributed by atoms with E-state index in [9.17, 15) is 0 Å².